The van der Waals surface area contributed by atoms with Crippen LogP contribution in [0.5, 0.6) is 0 Å². The van der Waals surface area contributed by atoms with Gasteiger partial charge in [0.25, 0.3) is 0 Å². The lowest BCUT2D eigenvalue weighted by Crippen LogP contribution is -2.44. The number of carboxylic acids is 2. The highest BCUT2D eigenvalue weighted by Gasteiger charge is 2.23. The Morgan fingerprint density at radius 3 is 2.16 bits per heavy atom. The van der Waals surface area contributed by atoms with E-state index in [4.69, 9.17) is 10.2 Å². The third-order valence-electron chi connectivity index (χ3n) is 4.56. The van der Waals surface area contributed by atoms with Gasteiger partial charge in [0.2, 0.25) is 0 Å². The number of aliphatic carboxylic acids is 2. The Kier molecular flexibility index (Phi) is 11.9. The monoisotopic (exact) mass is 450 g/mol. The molecule has 0 bridgehead atoms. The summed E-state index contributed by atoms with van der Waals surface area (Å²) in [6, 6.07) is 9.71. The van der Waals surface area contributed by atoms with Gasteiger partial charge < -0.3 is 15.5 Å². The molecule has 1 aromatic carbocycles. The Hall–Kier alpha value is -1.83. The fraction of sp³-hybridized carbons (Fsp3) is 0.583. The molecule has 7 heteroatoms. The molecule has 1 saturated heterocycles. The molecule has 1 aromatic rings. The molecule has 0 spiro atoms. The van der Waals surface area contributed by atoms with E-state index in [1.165, 1.54) is 29.8 Å². The van der Waals surface area contributed by atoms with Crippen molar-refractivity contribution >= 4 is 23.7 Å². The van der Waals surface area contributed by atoms with Gasteiger partial charge in [0.1, 0.15) is 0 Å². The smallest absolute Gasteiger partial charge is 0.328 e. The van der Waals surface area contributed by atoms with Crippen molar-refractivity contribution in [2.75, 3.05) is 19.6 Å². The predicted octanol–water partition coefficient (Wildman–Crippen LogP) is 4.50. The fourth-order valence-corrected chi connectivity index (χ4v) is 4.48. The number of rotatable bonds is 8. The number of hydrogen-bond acceptors (Lipinski definition) is 5. The van der Waals surface area contributed by atoms with E-state index in [0.29, 0.717) is 18.1 Å². The van der Waals surface area contributed by atoms with E-state index in [9.17, 15) is 9.59 Å². The molecule has 31 heavy (non-hydrogen) atoms. The summed E-state index contributed by atoms with van der Waals surface area (Å²) in [6.45, 7) is 16.2. The SMILES string of the molecule is CC(C)CN(Cc1ccccc1SC(C)(C)C)C1CCNCC1.O=C(O)/C=C/C(=O)O. The van der Waals surface area contributed by atoms with Crippen LogP contribution in [0.1, 0.15) is 53.0 Å². The summed E-state index contributed by atoms with van der Waals surface area (Å²) in [5.74, 6) is -1.80. The second-order valence-electron chi connectivity index (χ2n) is 9.14. The topological polar surface area (TPSA) is 89.9 Å². The first-order valence-corrected chi connectivity index (χ1v) is 11.6. The molecule has 0 radical (unpaired) electrons. The molecule has 1 fully saturated rings. The minimum atomic E-state index is -1.26. The number of hydrogen-bond donors (Lipinski definition) is 3. The van der Waals surface area contributed by atoms with Crippen molar-refractivity contribution in [3.8, 4) is 0 Å². The zero-order valence-electron chi connectivity index (χ0n) is 19.4. The van der Waals surface area contributed by atoms with Crippen LogP contribution in [0.15, 0.2) is 41.3 Å². The summed E-state index contributed by atoms with van der Waals surface area (Å²) in [7, 11) is 0. The Balaban J connectivity index is 0.000000512. The fourth-order valence-electron chi connectivity index (χ4n) is 3.41. The zero-order chi connectivity index (χ0) is 23.4. The van der Waals surface area contributed by atoms with Crippen LogP contribution in [0.4, 0.5) is 0 Å². The van der Waals surface area contributed by atoms with E-state index < -0.39 is 11.9 Å². The molecule has 0 aromatic heterocycles. The highest BCUT2D eigenvalue weighted by Crippen LogP contribution is 2.35. The number of piperidine rings is 1. The largest absolute Gasteiger partial charge is 0.478 e. The summed E-state index contributed by atoms with van der Waals surface area (Å²) in [5, 5.41) is 19.1. The minimum absolute atomic E-state index is 0.258. The number of carbonyl (C=O) groups is 2. The summed E-state index contributed by atoms with van der Waals surface area (Å²) >= 11 is 2.00. The summed E-state index contributed by atoms with van der Waals surface area (Å²) < 4.78 is 0.258. The van der Waals surface area contributed by atoms with E-state index in [1.54, 1.807) is 0 Å². The average molecular weight is 451 g/mol. The first kappa shape index (κ1) is 27.2. The first-order valence-electron chi connectivity index (χ1n) is 10.8. The lowest BCUT2D eigenvalue weighted by atomic mass is 10.0. The normalized spacial score (nSPS) is 15.2. The molecule has 6 nitrogen and oxygen atoms in total. The molecule has 1 aliphatic rings. The van der Waals surface area contributed by atoms with Crippen LogP contribution >= 0.6 is 11.8 Å². The minimum Gasteiger partial charge on any atom is -0.478 e. The van der Waals surface area contributed by atoms with Gasteiger partial charge in [-0.25, -0.2) is 9.59 Å². The van der Waals surface area contributed by atoms with Crippen LogP contribution in [-0.2, 0) is 16.1 Å². The van der Waals surface area contributed by atoms with Gasteiger partial charge in [0.15, 0.2) is 0 Å². The Morgan fingerprint density at radius 1 is 1.13 bits per heavy atom. The molecule has 0 amide bonds. The molecule has 0 aliphatic carbocycles. The van der Waals surface area contributed by atoms with Crippen LogP contribution in [0.3, 0.4) is 0 Å². The molecular weight excluding hydrogens is 412 g/mol. The number of carboxylic acid groups (broad SMARTS) is 2. The first-order chi connectivity index (χ1) is 14.5. The van der Waals surface area contributed by atoms with Gasteiger partial charge in [-0.1, -0.05) is 52.8 Å². The van der Waals surface area contributed by atoms with E-state index in [1.807, 2.05) is 11.8 Å². The van der Waals surface area contributed by atoms with Gasteiger partial charge >= 0.3 is 11.9 Å². The second kappa shape index (κ2) is 13.6. The molecule has 0 saturated carbocycles. The third kappa shape index (κ3) is 12.6. The maximum Gasteiger partial charge on any atom is 0.328 e. The Morgan fingerprint density at radius 2 is 1.68 bits per heavy atom. The van der Waals surface area contributed by atoms with Gasteiger partial charge in [0.05, 0.1) is 0 Å². The van der Waals surface area contributed by atoms with Crippen LogP contribution in [0, 0.1) is 5.92 Å². The molecule has 0 unspecified atom stereocenters. The van der Waals surface area contributed by atoms with Crippen molar-refractivity contribution in [1.29, 1.82) is 0 Å². The van der Waals surface area contributed by atoms with Crippen molar-refractivity contribution < 1.29 is 19.8 Å². The van der Waals surface area contributed by atoms with Gasteiger partial charge in [-0.3, -0.25) is 4.90 Å². The molecule has 174 valence electrons. The van der Waals surface area contributed by atoms with E-state index in [0.717, 1.165) is 25.7 Å². The predicted molar refractivity (Wildman–Crippen MR) is 128 cm³/mol. The number of nitrogens with zero attached hydrogens (tertiary/aromatic N) is 1. The van der Waals surface area contributed by atoms with Crippen LogP contribution in [0.2, 0.25) is 0 Å². The lowest BCUT2D eigenvalue weighted by molar-refractivity contribution is -0.134. The standard InChI is InChI=1S/C20H34N2S.C4H4O4/c1-16(2)14-22(18-10-12-21-13-11-18)15-17-8-6-7-9-19(17)23-20(3,4)5;5-3(6)1-2-4(7)8/h6-9,16,18,21H,10-15H2,1-5H3;1-2H,(H,5,6)(H,7,8)/b;2-1+. The number of benzene rings is 1. The van der Waals surface area contributed by atoms with Crippen molar-refractivity contribution in [2.45, 2.75) is 69.7 Å². The number of nitrogens with one attached hydrogen (secondary N) is 1. The molecule has 1 heterocycles. The highest BCUT2D eigenvalue weighted by atomic mass is 32.2. The zero-order valence-corrected chi connectivity index (χ0v) is 20.2. The van der Waals surface area contributed by atoms with E-state index in [-0.39, 0.29) is 4.75 Å². The highest BCUT2D eigenvalue weighted by molar-refractivity contribution is 8.00. The summed E-state index contributed by atoms with van der Waals surface area (Å²) in [5.41, 5.74) is 1.49. The molecule has 1 aliphatic heterocycles. The third-order valence-corrected chi connectivity index (χ3v) is 5.79. The second-order valence-corrected chi connectivity index (χ2v) is 11.0. The Bertz CT molecular complexity index is 707. The van der Waals surface area contributed by atoms with Crippen molar-refractivity contribution in [3.63, 3.8) is 0 Å². The van der Waals surface area contributed by atoms with Gasteiger partial charge in [-0.2, -0.15) is 0 Å². The molecule has 2 rings (SSSR count). The molecule has 0 atom stereocenters. The quantitative estimate of drug-likeness (QED) is 0.397. The average Bonchev–Trinajstić information content (AvgIpc) is 2.67. The lowest BCUT2D eigenvalue weighted by Gasteiger charge is -2.36. The van der Waals surface area contributed by atoms with Gasteiger partial charge in [-0.05, 0) is 43.5 Å². The summed E-state index contributed by atoms with van der Waals surface area (Å²) in [6.07, 6.45) is 3.67. The molecule has 3 N–H and O–H groups in total. The van der Waals surface area contributed by atoms with Crippen LogP contribution in [0.25, 0.3) is 0 Å². The van der Waals surface area contributed by atoms with Crippen molar-refractivity contribution in [3.05, 3.63) is 42.0 Å². The van der Waals surface area contributed by atoms with Gasteiger partial charge in [0, 0.05) is 40.9 Å². The van der Waals surface area contributed by atoms with Crippen molar-refractivity contribution in [1.82, 2.24) is 10.2 Å². The number of thioether (sulfide) groups is 1. The summed E-state index contributed by atoms with van der Waals surface area (Å²) in [4.78, 5) is 23.3. The van der Waals surface area contributed by atoms with Crippen LogP contribution < -0.4 is 5.32 Å². The maximum absolute atomic E-state index is 9.55. The van der Waals surface area contributed by atoms with E-state index in [2.05, 4.69) is 69.1 Å². The maximum atomic E-state index is 9.55. The van der Waals surface area contributed by atoms with Crippen molar-refractivity contribution in [2.24, 2.45) is 5.92 Å². The van der Waals surface area contributed by atoms with Gasteiger partial charge in [-0.15, -0.1) is 11.8 Å². The Labute approximate surface area is 191 Å². The molecular formula is C24H38N2O4S. The van der Waals surface area contributed by atoms with E-state index >= 15 is 0 Å². The van der Waals surface area contributed by atoms with Crippen LogP contribution in [-0.4, -0.2) is 57.5 Å².